The van der Waals surface area contributed by atoms with E-state index in [1.807, 2.05) is 13.0 Å². The summed E-state index contributed by atoms with van der Waals surface area (Å²) in [5, 5.41) is 1.67. The molecule has 3 nitrogen and oxygen atoms in total. The molecule has 3 aromatic rings. The highest BCUT2D eigenvalue weighted by molar-refractivity contribution is 6.07. The summed E-state index contributed by atoms with van der Waals surface area (Å²) in [6.07, 6.45) is -4.75. The molecule has 0 unspecified atom stereocenters. The number of nitrogens with zero attached hydrogens (tertiary/aromatic N) is 1. The molecule has 22 heavy (non-hydrogen) atoms. The number of alkyl halides is 3. The standard InChI is InChI=1S/C16H12F3NO2/c1-9-4-3-5-11-14(9)12-8-10(22-16(17,18)19)6-7-13(12)20(2)15(11)21/h3-8H,1-2H3. The van der Waals surface area contributed by atoms with Crippen LogP contribution in [0.15, 0.2) is 41.2 Å². The maximum absolute atomic E-state index is 12.4. The number of ether oxygens (including phenoxy) is 1. The van der Waals surface area contributed by atoms with Crippen LogP contribution >= 0.6 is 0 Å². The lowest BCUT2D eigenvalue weighted by molar-refractivity contribution is -0.274. The highest BCUT2D eigenvalue weighted by atomic mass is 19.4. The molecule has 2 aromatic carbocycles. The van der Waals surface area contributed by atoms with Gasteiger partial charge >= 0.3 is 6.36 Å². The summed E-state index contributed by atoms with van der Waals surface area (Å²) in [5.74, 6) is -0.303. The van der Waals surface area contributed by atoms with Crippen molar-refractivity contribution in [1.29, 1.82) is 0 Å². The van der Waals surface area contributed by atoms with Gasteiger partial charge in [-0.05, 0) is 42.1 Å². The fourth-order valence-corrected chi connectivity index (χ4v) is 2.70. The molecule has 0 aliphatic rings. The summed E-state index contributed by atoms with van der Waals surface area (Å²) < 4.78 is 42.6. The molecule has 0 amide bonds. The molecule has 1 heterocycles. The van der Waals surface area contributed by atoms with Gasteiger partial charge in [0.15, 0.2) is 0 Å². The number of rotatable bonds is 1. The second-order valence-corrected chi connectivity index (χ2v) is 5.09. The van der Waals surface area contributed by atoms with Crippen LogP contribution in [0.25, 0.3) is 21.7 Å². The van der Waals surface area contributed by atoms with Crippen molar-refractivity contribution in [1.82, 2.24) is 4.57 Å². The third-order valence-electron chi connectivity index (χ3n) is 3.64. The number of fused-ring (bicyclic) bond motifs is 3. The van der Waals surface area contributed by atoms with E-state index in [1.165, 1.54) is 22.8 Å². The topological polar surface area (TPSA) is 31.2 Å². The van der Waals surface area contributed by atoms with Gasteiger partial charge in [-0.25, -0.2) is 0 Å². The van der Waals surface area contributed by atoms with Gasteiger partial charge in [-0.15, -0.1) is 13.2 Å². The van der Waals surface area contributed by atoms with E-state index in [-0.39, 0.29) is 11.3 Å². The van der Waals surface area contributed by atoms with E-state index in [2.05, 4.69) is 4.74 Å². The predicted molar refractivity (Wildman–Crippen MR) is 78.1 cm³/mol. The molecule has 3 rings (SSSR count). The molecular weight excluding hydrogens is 295 g/mol. The lowest BCUT2D eigenvalue weighted by Crippen LogP contribution is -2.19. The summed E-state index contributed by atoms with van der Waals surface area (Å²) in [5.41, 5.74) is 1.20. The van der Waals surface area contributed by atoms with Crippen LogP contribution < -0.4 is 10.3 Å². The SMILES string of the molecule is Cc1cccc2c(=O)n(C)c3ccc(OC(F)(F)F)cc3c12. The molecule has 1 aromatic heterocycles. The molecule has 0 bridgehead atoms. The molecule has 0 radical (unpaired) electrons. The van der Waals surface area contributed by atoms with Gasteiger partial charge in [0, 0.05) is 17.8 Å². The average molecular weight is 307 g/mol. The largest absolute Gasteiger partial charge is 0.573 e. The van der Waals surface area contributed by atoms with Crippen LogP contribution in [0.2, 0.25) is 0 Å². The molecule has 0 spiro atoms. The fourth-order valence-electron chi connectivity index (χ4n) is 2.70. The molecule has 0 saturated carbocycles. The molecule has 0 aliphatic carbocycles. The van der Waals surface area contributed by atoms with Crippen LogP contribution in [0.3, 0.4) is 0 Å². The van der Waals surface area contributed by atoms with Crippen LogP contribution in [0.5, 0.6) is 5.75 Å². The highest BCUT2D eigenvalue weighted by Gasteiger charge is 2.31. The van der Waals surface area contributed by atoms with E-state index < -0.39 is 6.36 Å². The first-order valence-corrected chi connectivity index (χ1v) is 6.56. The summed E-state index contributed by atoms with van der Waals surface area (Å²) in [7, 11) is 1.59. The number of aryl methyl sites for hydroxylation is 2. The minimum absolute atomic E-state index is 0.185. The first-order valence-electron chi connectivity index (χ1n) is 6.56. The van der Waals surface area contributed by atoms with Crippen molar-refractivity contribution in [3.63, 3.8) is 0 Å². The first kappa shape index (κ1) is 14.4. The van der Waals surface area contributed by atoms with Gasteiger partial charge < -0.3 is 9.30 Å². The molecule has 0 saturated heterocycles. The minimum Gasteiger partial charge on any atom is -0.406 e. The van der Waals surface area contributed by atoms with Crippen LogP contribution in [0, 0.1) is 6.92 Å². The van der Waals surface area contributed by atoms with Crippen LogP contribution in [-0.4, -0.2) is 10.9 Å². The monoisotopic (exact) mass is 307 g/mol. The number of hydrogen-bond acceptors (Lipinski definition) is 2. The molecular formula is C16H12F3NO2. The minimum atomic E-state index is -4.75. The second kappa shape index (κ2) is 4.76. The number of halogens is 3. The number of pyridine rings is 1. The summed E-state index contributed by atoms with van der Waals surface area (Å²) >= 11 is 0. The Balaban J connectivity index is 2.43. The maximum atomic E-state index is 12.4. The Morgan fingerprint density at radius 2 is 1.82 bits per heavy atom. The van der Waals surface area contributed by atoms with E-state index in [9.17, 15) is 18.0 Å². The molecule has 0 N–H and O–H groups in total. The number of aromatic nitrogens is 1. The first-order chi connectivity index (χ1) is 10.3. The third kappa shape index (κ3) is 2.30. The number of hydrogen-bond donors (Lipinski definition) is 0. The normalized spacial score (nSPS) is 12.0. The zero-order valence-electron chi connectivity index (χ0n) is 11.9. The van der Waals surface area contributed by atoms with E-state index in [0.717, 1.165) is 5.56 Å². The van der Waals surface area contributed by atoms with Crippen LogP contribution in [-0.2, 0) is 7.05 Å². The Morgan fingerprint density at radius 1 is 1.09 bits per heavy atom. The van der Waals surface area contributed by atoms with E-state index in [4.69, 9.17) is 0 Å². The Kier molecular flexibility index (Phi) is 3.12. The summed E-state index contributed by atoms with van der Waals surface area (Å²) in [6.45, 7) is 1.82. The van der Waals surface area contributed by atoms with Crippen LogP contribution in [0.4, 0.5) is 13.2 Å². The van der Waals surface area contributed by atoms with Crippen molar-refractivity contribution >= 4 is 21.7 Å². The second-order valence-electron chi connectivity index (χ2n) is 5.09. The van der Waals surface area contributed by atoms with Gasteiger partial charge in [-0.1, -0.05) is 12.1 Å². The van der Waals surface area contributed by atoms with Crippen LogP contribution in [0.1, 0.15) is 5.56 Å². The lowest BCUT2D eigenvalue weighted by Gasteiger charge is -2.13. The van der Waals surface area contributed by atoms with Crippen molar-refractivity contribution in [2.45, 2.75) is 13.3 Å². The van der Waals surface area contributed by atoms with Gasteiger partial charge in [0.25, 0.3) is 5.56 Å². The highest BCUT2D eigenvalue weighted by Crippen LogP contribution is 2.31. The van der Waals surface area contributed by atoms with Gasteiger partial charge in [0.05, 0.1) is 5.52 Å². The van der Waals surface area contributed by atoms with Gasteiger partial charge in [-0.2, -0.15) is 0 Å². The van der Waals surface area contributed by atoms with Gasteiger partial charge in [0.1, 0.15) is 5.75 Å². The van der Waals surface area contributed by atoms with Crippen molar-refractivity contribution in [2.24, 2.45) is 7.05 Å². The fraction of sp³-hybridized carbons (Fsp3) is 0.188. The molecule has 6 heteroatoms. The Labute approximate surface area is 123 Å². The zero-order valence-corrected chi connectivity index (χ0v) is 11.9. The number of benzene rings is 2. The van der Waals surface area contributed by atoms with Gasteiger partial charge in [0.2, 0.25) is 0 Å². The van der Waals surface area contributed by atoms with Crippen molar-refractivity contribution in [3.05, 3.63) is 52.3 Å². The summed E-state index contributed by atoms with van der Waals surface area (Å²) in [4.78, 5) is 12.4. The quantitative estimate of drug-likeness (QED) is 0.639. The van der Waals surface area contributed by atoms with Crippen molar-refractivity contribution < 1.29 is 17.9 Å². The molecule has 0 atom stereocenters. The summed E-state index contributed by atoms with van der Waals surface area (Å²) in [6, 6.07) is 9.22. The third-order valence-corrected chi connectivity index (χ3v) is 3.64. The van der Waals surface area contributed by atoms with E-state index in [1.54, 1.807) is 19.2 Å². The lowest BCUT2D eigenvalue weighted by atomic mass is 10.0. The molecule has 0 aliphatic heterocycles. The molecule has 0 fully saturated rings. The van der Waals surface area contributed by atoms with Gasteiger partial charge in [-0.3, -0.25) is 4.79 Å². The Morgan fingerprint density at radius 3 is 2.50 bits per heavy atom. The predicted octanol–water partition coefficient (Wildman–Crippen LogP) is 3.90. The zero-order chi connectivity index (χ0) is 16.1. The smallest absolute Gasteiger partial charge is 0.406 e. The average Bonchev–Trinajstić information content (AvgIpc) is 2.42. The Bertz CT molecular complexity index is 942. The van der Waals surface area contributed by atoms with E-state index >= 15 is 0 Å². The van der Waals surface area contributed by atoms with Crippen molar-refractivity contribution in [3.8, 4) is 5.75 Å². The maximum Gasteiger partial charge on any atom is 0.573 e. The van der Waals surface area contributed by atoms with Crippen molar-refractivity contribution in [2.75, 3.05) is 0 Å². The molecule has 114 valence electrons. The van der Waals surface area contributed by atoms with E-state index in [0.29, 0.717) is 21.7 Å². The Hall–Kier alpha value is -2.50.